The summed E-state index contributed by atoms with van der Waals surface area (Å²) in [5.74, 6) is -0.354. The number of nitrogens with zero attached hydrogens (tertiary/aromatic N) is 3. The Kier molecular flexibility index (Phi) is 3.56. The van der Waals surface area contributed by atoms with Gasteiger partial charge in [0.2, 0.25) is 5.13 Å². The number of hydrogen-bond donors (Lipinski definition) is 1. The average molecular weight is 289 g/mol. The van der Waals surface area contributed by atoms with E-state index in [2.05, 4.69) is 20.5 Å². The zero-order valence-electron chi connectivity index (χ0n) is 8.57. The summed E-state index contributed by atoms with van der Waals surface area (Å²) in [7, 11) is 0. The van der Waals surface area contributed by atoms with E-state index in [1.54, 1.807) is 6.92 Å². The molecule has 2 aromatic heterocycles. The fourth-order valence-corrected chi connectivity index (χ4v) is 1.92. The molecule has 1 N–H and O–H groups in total. The number of nitrogens with one attached hydrogen (secondary N) is 1. The Labute approximate surface area is 111 Å². The van der Waals surface area contributed by atoms with E-state index in [0.717, 1.165) is 5.01 Å². The minimum atomic E-state index is -0.354. The lowest BCUT2D eigenvalue weighted by Crippen LogP contribution is -2.12. The van der Waals surface area contributed by atoms with Crippen molar-refractivity contribution in [2.45, 2.75) is 6.92 Å². The van der Waals surface area contributed by atoms with Crippen molar-refractivity contribution in [2.75, 3.05) is 5.32 Å². The van der Waals surface area contributed by atoms with Crippen LogP contribution >= 0.6 is 34.5 Å². The fourth-order valence-electron chi connectivity index (χ4n) is 1.06. The molecule has 0 aliphatic rings. The van der Waals surface area contributed by atoms with Gasteiger partial charge >= 0.3 is 0 Å². The second kappa shape index (κ2) is 4.95. The summed E-state index contributed by atoms with van der Waals surface area (Å²) in [5.41, 5.74) is 0.312. The molecule has 0 fully saturated rings. The number of carbonyl (C=O) groups excluding carboxylic acids is 1. The molecule has 0 unspecified atom stereocenters. The molecular formula is C9H6Cl2N4OS. The molecule has 0 saturated heterocycles. The molecule has 0 radical (unpaired) electrons. The SMILES string of the molecule is Cc1nnc(NC(=O)c2cnc(Cl)c(Cl)c2)s1. The number of halogens is 2. The van der Waals surface area contributed by atoms with Gasteiger partial charge in [0.15, 0.2) is 0 Å². The highest BCUT2D eigenvalue weighted by molar-refractivity contribution is 7.15. The van der Waals surface area contributed by atoms with Gasteiger partial charge in [0, 0.05) is 6.20 Å². The first kappa shape index (κ1) is 12.2. The summed E-state index contributed by atoms with van der Waals surface area (Å²) in [5, 5.41) is 11.7. The summed E-state index contributed by atoms with van der Waals surface area (Å²) in [6.07, 6.45) is 1.34. The van der Waals surface area contributed by atoms with E-state index in [1.807, 2.05) is 0 Å². The minimum absolute atomic E-state index is 0.162. The van der Waals surface area contributed by atoms with Gasteiger partial charge in [0.1, 0.15) is 10.2 Å². The number of anilines is 1. The Balaban J connectivity index is 2.17. The zero-order chi connectivity index (χ0) is 12.4. The van der Waals surface area contributed by atoms with Crippen molar-refractivity contribution < 1.29 is 4.79 Å². The molecule has 2 rings (SSSR count). The van der Waals surface area contributed by atoms with Crippen molar-refractivity contribution in [1.29, 1.82) is 0 Å². The molecule has 0 spiro atoms. The lowest BCUT2D eigenvalue weighted by Gasteiger charge is -2.01. The van der Waals surface area contributed by atoms with Gasteiger partial charge < -0.3 is 0 Å². The maximum Gasteiger partial charge on any atom is 0.259 e. The van der Waals surface area contributed by atoms with Crippen LogP contribution in [0.3, 0.4) is 0 Å². The Hall–Kier alpha value is -1.24. The third-order valence-corrected chi connectivity index (χ3v) is 3.25. The van der Waals surface area contributed by atoms with Crippen LogP contribution in [-0.2, 0) is 0 Å². The van der Waals surface area contributed by atoms with Gasteiger partial charge in [0.05, 0.1) is 10.6 Å². The highest BCUT2D eigenvalue weighted by atomic mass is 35.5. The van der Waals surface area contributed by atoms with E-state index in [9.17, 15) is 4.79 Å². The zero-order valence-corrected chi connectivity index (χ0v) is 10.9. The van der Waals surface area contributed by atoms with Gasteiger partial charge in [0.25, 0.3) is 5.91 Å². The lowest BCUT2D eigenvalue weighted by atomic mass is 10.3. The second-order valence-electron chi connectivity index (χ2n) is 3.08. The predicted octanol–water partition coefficient (Wildman–Crippen LogP) is 2.80. The van der Waals surface area contributed by atoms with Gasteiger partial charge in [-0.25, -0.2) is 4.98 Å². The van der Waals surface area contributed by atoms with Crippen LogP contribution in [0.5, 0.6) is 0 Å². The summed E-state index contributed by atoms with van der Waals surface area (Å²) in [6.45, 7) is 1.80. The molecule has 0 aliphatic carbocycles. The number of carbonyl (C=O) groups is 1. The van der Waals surface area contributed by atoms with Crippen molar-refractivity contribution in [1.82, 2.24) is 15.2 Å². The summed E-state index contributed by atoms with van der Waals surface area (Å²) >= 11 is 12.7. The van der Waals surface area contributed by atoms with E-state index >= 15 is 0 Å². The Bertz CT molecular complexity index is 572. The third kappa shape index (κ3) is 2.91. The quantitative estimate of drug-likeness (QED) is 0.863. The molecule has 88 valence electrons. The molecule has 17 heavy (non-hydrogen) atoms. The van der Waals surface area contributed by atoms with Gasteiger partial charge in [-0.2, -0.15) is 0 Å². The summed E-state index contributed by atoms with van der Waals surface area (Å²) in [6, 6.07) is 1.44. The molecule has 0 aromatic carbocycles. The molecule has 0 aliphatic heterocycles. The smallest absolute Gasteiger partial charge is 0.259 e. The van der Waals surface area contributed by atoms with Crippen molar-refractivity contribution in [3.05, 3.63) is 33.0 Å². The number of hydrogen-bond acceptors (Lipinski definition) is 5. The highest BCUT2D eigenvalue weighted by Crippen LogP contribution is 2.21. The first-order valence-corrected chi connectivity index (χ1v) is 6.06. The van der Waals surface area contributed by atoms with Crippen LogP contribution in [0, 0.1) is 6.92 Å². The molecule has 0 saturated carbocycles. The van der Waals surface area contributed by atoms with Gasteiger partial charge in [-0.1, -0.05) is 34.5 Å². The lowest BCUT2D eigenvalue weighted by molar-refractivity contribution is 0.102. The number of amides is 1. The Morgan fingerprint density at radius 3 is 2.76 bits per heavy atom. The maximum atomic E-state index is 11.8. The number of pyridine rings is 1. The number of aryl methyl sites for hydroxylation is 1. The number of rotatable bonds is 2. The van der Waals surface area contributed by atoms with Crippen LogP contribution in [0.1, 0.15) is 15.4 Å². The van der Waals surface area contributed by atoms with E-state index in [0.29, 0.717) is 10.7 Å². The summed E-state index contributed by atoms with van der Waals surface area (Å²) in [4.78, 5) is 15.6. The second-order valence-corrected chi connectivity index (χ2v) is 5.02. The van der Waals surface area contributed by atoms with E-state index in [-0.39, 0.29) is 16.1 Å². The monoisotopic (exact) mass is 288 g/mol. The van der Waals surface area contributed by atoms with Crippen LogP contribution in [0.25, 0.3) is 0 Å². The van der Waals surface area contributed by atoms with Gasteiger partial charge in [-0.05, 0) is 13.0 Å². The van der Waals surface area contributed by atoms with Crippen LogP contribution in [0.15, 0.2) is 12.3 Å². The van der Waals surface area contributed by atoms with Crippen LogP contribution in [0.4, 0.5) is 5.13 Å². The van der Waals surface area contributed by atoms with Crippen molar-refractivity contribution in [3.8, 4) is 0 Å². The van der Waals surface area contributed by atoms with Crippen LogP contribution in [-0.4, -0.2) is 21.1 Å². The molecule has 2 heterocycles. The topological polar surface area (TPSA) is 67.8 Å². The minimum Gasteiger partial charge on any atom is -0.296 e. The normalized spacial score (nSPS) is 10.3. The maximum absolute atomic E-state index is 11.8. The predicted molar refractivity (Wildman–Crippen MR) is 66.9 cm³/mol. The van der Waals surface area contributed by atoms with Crippen LogP contribution in [0.2, 0.25) is 10.2 Å². The number of aromatic nitrogens is 3. The van der Waals surface area contributed by atoms with E-state index in [1.165, 1.54) is 23.6 Å². The van der Waals surface area contributed by atoms with Gasteiger partial charge in [-0.3, -0.25) is 10.1 Å². The van der Waals surface area contributed by atoms with Crippen LogP contribution < -0.4 is 5.32 Å². The molecule has 8 heteroatoms. The molecule has 0 atom stereocenters. The Morgan fingerprint density at radius 2 is 2.18 bits per heavy atom. The molecule has 5 nitrogen and oxygen atoms in total. The van der Waals surface area contributed by atoms with Crippen molar-refractivity contribution >= 4 is 45.6 Å². The van der Waals surface area contributed by atoms with Crippen molar-refractivity contribution in [3.63, 3.8) is 0 Å². The largest absolute Gasteiger partial charge is 0.296 e. The standard InChI is InChI=1S/C9H6Cl2N4OS/c1-4-14-15-9(17-4)13-8(16)5-2-6(10)7(11)12-3-5/h2-3H,1H3,(H,13,15,16). The fraction of sp³-hybridized carbons (Fsp3) is 0.111. The first-order valence-electron chi connectivity index (χ1n) is 4.49. The van der Waals surface area contributed by atoms with Crippen molar-refractivity contribution in [2.24, 2.45) is 0 Å². The van der Waals surface area contributed by atoms with E-state index in [4.69, 9.17) is 23.2 Å². The summed E-state index contributed by atoms with van der Waals surface area (Å²) < 4.78 is 0. The molecular weight excluding hydrogens is 283 g/mol. The third-order valence-electron chi connectivity index (χ3n) is 1.80. The molecule has 1 amide bonds. The Morgan fingerprint density at radius 1 is 1.41 bits per heavy atom. The van der Waals surface area contributed by atoms with Gasteiger partial charge in [-0.15, -0.1) is 10.2 Å². The first-order chi connectivity index (χ1) is 8.06. The molecule has 0 bridgehead atoms. The van der Waals surface area contributed by atoms with E-state index < -0.39 is 0 Å². The molecule has 2 aromatic rings. The highest BCUT2D eigenvalue weighted by Gasteiger charge is 2.11. The average Bonchev–Trinajstić information content (AvgIpc) is 2.68.